The van der Waals surface area contributed by atoms with Gasteiger partial charge in [-0.05, 0) is 71.3 Å². The van der Waals surface area contributed by atoms with Crippen LogP contribution in [0.5, 0.6) is 0 Å². The minimum atomic E-state index is 0.172. The molecule has 0 spiro atoms. The van der Waals surface area contributed by atoms with Crippen molar-refractivity contribution < 1.29 is 0 Å². The van der Waals surface area contributed by atoms with E-state index in [2.05, 4.69) is 185 Å². The van der Waals surface area contributed by atoms with E-state index in [0.717, 1.165) is 22.3 Å². The van der Waals surface area contributed by atoms with E-state index in [1.807, 2.05) is 24.3 Å². The fourth-order valence-corrected chi connectivity index (χ4v) is 7.56. The number of para-hydroxylation sites is 3. The van der Waals surface area contributed by atoms with Crippen LogP contribution in [0.15, 0.2) is 188 Å². The van der Waals surface area contributed by atoms with Gasteiger partial charge in [0.1, 0.15) is 0 Å². The third-order valence-corrected chi connectivity index (χ3v) is 10.0. The first-order chi connectivity index (χ1) is 25.1. The maximum Gasteiger partial charge on any atom is 0.0721 e. The van der Waals surface area contributed by atoms with Crippen LogP contribution in [0.2, 0.25) is 0 Å². The van der Waals surface area contributed by atoms with Gasteiger partial charge in [-0.3, -0.25) is 0 Å². The second-order valence-corrected chi connectivity index (χ2v) is 13.1. The van der Waals surface area contributed by atoms with Gasteiger partial charge in [0.05, 0.1) is 33.8 Å². The van der Waals surface area contributed by atoms with Gasteiger partial charge in [0.15, 0.2) is 0 Å². The van der Waals surface area contributed by atoms with Crippen LogP contribution < -0.4 is 0 Å². The summed E-state index contributed by atoms with van der Waals surface area (Å²) in [5.74, 6) is 0. The highest BCUT2D eigenvalue weighted by Gasteiger charge is 2.17. The number of rotatable bonds is 7. The summed E-state index contributed by atoms with van der Waals surface area (Å²) in [6.45, 7) is 0. The number of allylic oxidation sites excluding steroid dienone is 5. The van der Waals surface area contributed by atoms with E-state index in [4.69, 9.17) is 5.41 Å². The van der Waals surface area contributed by atoms with Gasteiger partial charge in [-0.15, -0.1) is 0 Å². The maximum atomic E-state index is 8.73. The van der Waals surface area contributed by atoms with Crippen molar-refractivity contribution in [2.24, 2.45) is 0 Å². The zero-order valence-electron chi connectivity index (χ0n) is 28.3. The van der Waals surface area contributed by atoms with Gasteiger partial charge in [0, 0.05) is 52.3 Å². The van der Waals surface area contributed by atoms with Crippen LogP contribution in [-0.2, 0) is 0 Å². The molecular formula is C47H36N4. The lowest BCUT2D eigenvalue weighted by Crippen LogP contribution is -2.21. The van der Waals surface area contributed by atoms with E-state index in [1.165, 1.54) is 49.3 Å². The zero-order valence-corrected chi connectivity index (χ0v) is 28.3. The summed E-state index contributed by atoms with van der Waals surface area (Å²) >= 11 is 0. The average Bonchev–Trinajstić information content (AvgIpc) is 3.69. The molecule has 2 aromatic heterocycles. The number of fused-ring (bicyclic) bond motifs is 6. The van der Waals surface area contributed by atoms with Crippen molar-refractivity contribution in [3.05, 3.63) is 193 Å². The van der Waals surface area contributed by atoms with E-state index >= 15 is 0 Å². The molecule has 4 nitrogen and oxygen atoms in total. The van der Waals surface area contributed by atoms with E-state index in [0.29, 0.717) is 5.71 Å². The summed E-state index contributed by atoms with van der Waals surface area (Å²) in [7, 11) is 2.06. The molecule has 1 aliphatic rings. The van der Waals surface area contributed by atoms with Gasteiger partial charge >= 0.3 is 0 Å². The number of hydrogen-bond acceptors (Lipinski definition) is 2. The monoisotopic (exact) mass is 656 g/mol. The van der Waals surface area contributed by atoms with Crippen molar-refractivity contribution in [3.63, 3.8) is 0 Å². The molecule has 3 heterocycles. The summed E-state index contributed by atoms with van der Waals surface area (Å²) in [5.41, 5.74) is 10.8. The Kier molecular flexibility index (Phi) is 7.55. The van der Waals surface area contributed by atoms with Crippen LogP contribution in [0.1, 0.15) is 11.6 Å². The molecule has 8 aromatic rings. The summed E-state index contributed by atoms with van der Waals surface area (Å²) in [6, 6.07) is 52.1. The molecule has 9 rings (SSSR count). The van der Waals surface area contributed by atoms with Crippen LogP contribution in [0, 0.1) is 5.41 Å². The van der Waals surface area contributed by atoms with Gasteiger partial charge in [0.25, 0.3) is 0 Å². The lowest BCUT2D eigenvalue weighted by Gasteiger charge is -2.28. The SMILES string of the molecule is CN1C=C(C(=N)/C=C\C=C\n2c3ccccc3c3cc(-c4ccc5c6ccccc6n(-c6ccccc6)c5c4)ccc32)C=CC1c1ccccc1. The standard InChI is InChI=1S/C47H36N4/c1-49-32-36(25-27-43(49)33-14-4-2-5-15-33)42(48)20-12-13-29-50-44-21-10-8-19-39(44)41-30-34(24-28-45(41)50)35-23-26-40-38-18-9-11-22-46(38)51(47(40)31-35)37-16-6-3-7-17-37/h2-32,43,48H,1H3/b20-12-,29-13+,48-42?. The molecule has 6 aromatic carbocycles. The topological polar surface area (TPSA) is 37.0 Å². The molecule has 0 bridgehead atoms. The molecule has 0 amide bonds. The molecule has 244 valence electrons. The van der Waals surface area contributed by atoms with Gasteiger partial charge in [-0.2, -0.15) is 0 Å². The molecule has 0 saturated heterocycles. The summed E-state index contributed by atoms with van der Waals surface area (Å²) < 4.78 is 4.62. The van der Waals surface area contributed by atoms with Crippen LogP contribution in [0.4, 0.5) is 0 Å². The second kappa shape index (κ2) is 12.7. The predicted octanol–water partition coefficient (Wildman–Crippen LogP) is 11.7. The molecule has 1 aliphatic heterocycles. The van der Waals surface area contributed by atoms with E-state index in [9.17, 15) is 0 Å². The Labute approximate surface area is 297 Å². The van der Waals surface area contributed by atoms with Crippen LogP contribution >= 0.6 is 0 Å². The first-order valence-corrected chi connectivity index (χ1v) is 17.4. The molecular weight excluding hydrogens is 621 g/mol. The highest BCUT2D eigenvalue weighted by atomic mass is 15.1. The molecule has 1 atom stereocenters. The van der Waals surface area contributed by atoms with E-state index in [-0.39, 0.29) is 6.04 Å². The van der Waals surface area contributed by atoms with Crippen molar-refractivity contribution in [2.75, 3.05) is 7.05 Å². The van der Waals surface area contributed by atoms with Gasteiger partial charge < -0.3 is 19.4 Å². The van der Waals surface area contributed by atoms with Crippen molar-refractivity contribution in [3.8, 4) is 16.8 Å². The summed E-state index contributed by atoms with van der Waals surface area (Å²) in [4.78, 5) is 2.16. The number of aromatic nitrogens is 2. The fraction of sp³-hybridized carbons (Fsp3) is 0.0426. The lowest BCUT2D eigenvalue weighted by molar-refractivity contribution is 0.388. The Bertz CT molecular complexity index is 2720. The highest BCUT2D eigenvalue weighted by molar-refractivity contribution is 6.12. The zero-order chi connectivity index (χ0) is 34.3. The largest absolute Gasteiger partial charge is 0.369 e. The quantitative estimate of drug-likeness (QED) is 0.134. The lowest BCUT2D eigenvalue weighted by atomic mass is 9.99. The third kappa shape index (κ3) is 5.38. The highest BCUT2D eigenvalue weighted by Crippen LogP contribution is 2.37. The molecule has 1 N–H and O–H groups in total. The first-order valence-electron chi connectivity index (χ1n) is 17.4. The minimum absolute atomic E-state index is 0.172. The molecule has 0 radical (unpaired) electrons. The molecule has 1 unspecified atom stereocenters. The smallest absolute Gasteiger partial charge is 0.0721 e. The molecule has 4 heteroatoms. The fourth-order valence-electron chi connectivity index (χ4n) is 7.56. The Hall–Kier alpha value is -6.65. The Balaban J connectivity index is 1.03. The maximum absolute atomic E-state index is 8.73. The summed E-state index contributed by atoms with van der Waals surface area (Å²) in [6.07, 6.45) is 14.2. The normalized spacial score (nSPS) is 14.9. The Morgan fingerprint density at radius 3 is 2.00 bits per heavy atom. The van der Waals surface area contributed by atoms with Gasteiger partial charge in [-0.1, -0.05) is 121 Å². The molecule has 0 saturated carbocycles. The first kappa shape index (κ1) is 30.4. The average molecular weight is 657 g/mol. The van der Waals surface area contributed by atoms with E-state index < -0.39 is 0 Å². The van der Waals surface area contributed by atoms with Crippen molar-refractivity contribution in [1.82, 2.24) is 14.0 Å². The van der Waals surface area contributed by atoms with Gasteiger partial charge in [-0.25, -0.2) is 0 Å². The van der Waals surface area contributed by atoms with Crippen LogP contribution in [0.3, 0.4) is 0 Å². The Morgan fingerprint density at radius 1 is 0.588 bits per heavy atom. The van der Waals surface area contributed by atoms with Crippen molar-refractivity contribution >= 4 is 55.5 Å². The predicted molar refractivity (Wildman–Crippen MR) is 216 cm³/mol. The van der Waals surface area contributed by atoms with Crippen LogP contribution in [0.25, 0.3) is 66.6 Å². The number of benzene rings is 6. The van der Waals surface area contributed by atoms with Crippen LogP contribution in [-0.4, -0.2) is 26.8 Å². The Morgan fingerprint density at radius 2 is 1.22 bits per heavy atom. The number of hydrogen-bond donors (Lipinski definition) is 1. The summed E-state index contributed by atoms with van der Waals surface area (Å²) in [5, 5.41) is 13.7. The molecule has 0 fully saturated rings. The second-order valence-electron chi connectivity index (χ2n) is 13.1. The van der Waals surface area contributed by atoms with Gasteiger partial charge in [0.2, 0.25) is 0 Å². The number of nitrogens with zero attached hydrogens (tertiary/aromatic N) is 3. The van der Waals surface area contributed by atoms with Crippen molar-refractivity contribution in [1.29, 1.82) is 5.41 Å². The third-order valence-electron chi connectivity index (χ3n) is 10.0. The number of likely N-dealkylation sites (N-methyl/N-ethyl adjacent to an activating group) is 1. The minimum Gasteiger partial charge on any atom is -0.369 e. The number of nitrogens with one attached hydrogen (secondary N) is 1. The van der Waals surface area contributed by atoms with Crippen molar-refractivity contribution in [2.45, 2.75) is 6.04 Å². The molecule has 51 heavy (non-hydrogen) atoms. The van der Waals surface area contributed by atoms with E-state index in [1.54, 1.807) is 0 Å². The molecule has 0 aliphatic carbocycles.